The van der Waals surface area contributed by atoms with Crippen molar-refractivity contribution in [2.45, 2.75) is 46.1 Å². The van der Waals surface area contributed by atoms with Crippen LogP contribution in [0, 0.1) is 19.8 Å². The Bertz CT molecular complexity index is 1010. The molecular formula is C27H33N3O3. The molecule has 1 amide bonds. The normalized spacial score (nSPS) is 21.1. The molecule has 4 rings (SSSR count). The third-order valence-corrected chi connectivity index (χ3v) is 6.50. The van der Waals surface area contributed by atoms with E-state index in [0.29, 0.717) is 19.6 Å². The molecule has 2 heterocycles. The Labute approximate surface area is 196 Å². The van der Waals surface area contributed by atoms with Crippen LogP contribution in [-0.4, -0.2) is 53.7 Å². The van der Waals surface area contributed by atoms with E-state index in [9.17, 15) is 9.59 Å². The monoisotopic (exact) mass is 447 g/mol. The fraction of sp³-hybridized carbons (Fsp3) is 0.444. The molecule has 0 saturated carbocycles. The number of hydrazone groups is 1. The van der Waals surface area contributed by atoms with Gasteiger partial charge in [-0.05, 0) is 51.3 Å². The van der Waals surface area contributed by atoms with E-state index < -0.39 is 0 Å². The first-order valence-electron chi connectivity index (χ1n) is 11.9. The maximum Gasteiger partial charge on any atom is 0.310 e. The number of hydrogen-bond acceptors (Lipinski definition) is 5. The maximum atomic E-state index is 13.5. The smallest absolute Gasteiger partial charge is 0.310 e. The Morgan fingerprint density at radius 1 is 1.03 bits per heavy atom. The standard InChI is InChI=1S/C27H33N3O3/c1-4-33-27(32)23-6-5-15-29(17-23)18-26(31)30-25(22-13-9-20(3)10-14-22)16-24(28-30)21-11-7-19(2)8-12-21/h7-14,23,25H,4-6,15-18H2,1-3H3/t23-,25-/m1/s1. The molecule has 0 unspecified atom stereocenters. The summed E-state index contributed by atoms with van der Waals surface area (Å²) in [7, 11) is 0. The average Bonchev–Trinajstić information content (AvgIpc) is 3.26. The summed E-state index contributed by atoms with van der Waals surface area (Å²) in [6, 6.07) is 16.5. The average molecular weight is 448 g/mol. The Balaban J connectivity index is 1.53. The zero-order valence-corrected chi connectivity index (χ0v) is 19.8. The zero-order valence-electron chi connectivity index (χ0n) is 19.8. The van der Waals surface area contributed by atoms with E-state index in [2.05, 4.69) is 67.3 Å². The van der Waals surface area contributed by atoms with Crippen LogP contribution < -0.4 is 0 Å². The minimum absolute atomic E-state index is 0.0350. The summed E-state index contributed by atoms with van der Waals surface area (Å²) >= 11 is 0. The van der Waals surface area contributed by atoms with Crippen molar-refractivity contribution in [2.24, 2.45) is 11.0 Å². The van der Waals surface area contributed by atoms with Gasteiger partial charge in [0, 0.05) is 13.0 Å². The van der Waals surface area contributed by atoms with Crippen LogP contribution in [0.5, 0.6) is 0 Å². The highest BCUT2D eigenvalue weighted by molar-refractivity contribution is 6.03. The first-order valence-corrected chi connectivity index (χ1v) is 11.9. The van der Waals surface area contributed by atoms with E-state index in [0.717, 1.165) is 36.2 Å². The number of carbonyl (C=O) groups excluding carboxylic acids is 2. The van der Waals surface area contributed by atoms with Gasteiger partial charge in [-0.1, -0.05) is 59.7 Å². The summed E-state index contributed by atoms with van der Waals surface area (Å²) in [5, 5.41) is 6.46. The molecule has 0 bridgehead atoms. The van der Waals surface area contributed by atoms with E-state index in [1.807, 2.05) is 6.92 Å². The van der Waals surface area contributed by atoms with Gasteiger partial charge in [-0.2, -0.15) is 5.10 Å². The first kappa shape index (κ1) is 23.2. The van der Waals surface area contributed by atoms with E-state index in [1.165, 1.54) is 11.1 Å². The van der Waals surface area contributed by atoms with Crippen LogP contribution >= 0.6 is 0 Å². The number of nitrogens with zero attached hydrogens (tertiary/aromatic N) is 3. The lowest BCUT2D eigenvalue weighted by molar-refractivity contribution is -0.150. The van der Waals surface area contributed by atoms with Crippen molar-refractivity contribution in [1.82, 2.24) is 9.91 Å². The molecule has 0 spiro atoms. The molecule has 0 radical (unpaired) electrons. The first-order chi connectivity index (χ1) is 15.9. The van der Waals surface area contributed by atoms with E-state index in [-0.39, 0.29) is 30.4 Å². The Morgan fingerprint density at radius 2 is 1.70 bits per heavy atom. The summed E-state index contributed by atoms with van der Waals surface area (Å²) in [5.41, 5.74) is 5.45. The fourth-order valence-electron chi connectivity index (χ4n) is 4.62. The third-order valence-electron chi connectivity index (χ3n) is 6.50. The molecule has 0 N–H and O–H groups in total. The number of esters is 1. The molecule has 2 aromatic rings. The van der Waals surface area contributed by atoms with E-state index in [1.54, 1.807) is 5.01 Å². The molecule has 2 aliphatic heterocycles. The minimum Gasteiger partial charge on any atom is -0.466 e. The number of piperidine rings is 1. The lowest BCUT2D eigenvalue weighted by atomic mass is 9.97. The number of likely N-dealkylation sites (tertiary alicyclic amines) is 1. The number of benzene rings is 2. The summed E-state index contributed by atoms with van der Waals surface area (Å²) in [5.74, 6) is -0.357. The fourth-order valence-corrected chi connectivity index (χ4v) is 4.62. The van der Waals surface area contributed by atoms with Gasteiger partial charge in [-0.15, -0.1) is 0 Å². The van der Waals surface area contributed by atoms with Crippen molar-refractivity contribution in [2.75, 3.05) is 26.2 Å². The van der Waals surface area contributed by atoms with Gasteiger partial charge in [-0.25, -0.2) is 5.01 Å². The number of rotatable bonds is 6. The molecule has 6 heteroatoms. The number of ether oxygens (including phenoxy) is 1. The highest BCUT2D eigenvalue weighted by Gasteiger charge is 2.35. The molecule has 2 aliphatic rings. The predicted molar refractivity (Wildman–Crippen MR) is 129 cm³/mol. The summed E-state index contributed by atoms with van der Waals surface area (Å²) in [4.78, 5) is 27.7. The Kier molecular flexibility index (Phi) is 7.23. The van der Waals surface area contributed by atoms with Gasteiger partial charge in [0.1, 0.15) is 0 Å². The van der Waals surface area contributed by atoms with Crippen molar-refractivity contribution >= 4 is 17.6 Å². The molecule has 0 aliphatic carbocycles. The van der Waals surface area contributed by atoms with Crippen LogP contribution in [0.2, 0.25) is 0 Å². The summed E-state index contributed by atoms with van der Waals surface area (Å²) in [6.07, 6.45) is 2.38. The molecule has 2 atom stereocenters. The number of carbonyl (C=O) groups is 2. The van der Waals surface area contributed by atoms with Gasteiger partial charge < -0.3 is 4.74 Å². The molecule has 6 nitrogen and oxygen atoms in total. The molecule has 0 aromatic heterocycles. The van der Waals surface area contributed by atoms with Crippen LogP contribution in [-0.2, 0) is 14.3 Å². The van der Waals surface area contributed by atoms with Gasteiger partial charge in [0.2, 0.25) is 0 Å². The predicted octanol–water partition coefficient (Wildman–Crippen LogP) is 4.26. The topological polar surface area (TPSA) is 62.2 Å². The second-order valence-electron chi connectivity index (χ2n) is 9.11. The lowest BCUT2D eigenvalue weighted by Gasteiger charge is -2.32. The van der Waals surface area contributed by atoms with Crippen LogP contribution in [0.1, 0.15) is 54.5 Å². The maximum absolute atomic E-state index is 13.5. The Morgan fingerprint density at radius 3 is 2.36 bits per heavy atom. The van der Waals surface area contributed by atoms with Crippen LogP contribution in [0.4, 0.5) is 0 Å². The second kappa shape index (κ2) is 10.3. The molecular weight excluding hydrogens is 414 g/mol. The van der Waals surface area contributed by atoms with Gasteiger partial charge in [-0.3, -0.25) is 14.5 Å². The van der Waals surface area contributed by atoms with E-state index >= 15 is 0 Å². The van der Waals surface area contributed by atoms with Gasteiger partial charge in [0.05, 0.1) is 30.8 Å². The molecule has 2 aromatic carbocycles. The van der Waals surface area contributed by atoms with Crippen molar-refractivity contribution in [3.63, 3.8) is 0 Å². The summed E-state index contributed by atoms with van der Waals surface area (Å²) < 4.78 is 5.21. The van der Waals surface area contributed by atoms with Crippen LogP contribution in [0.25, 0.3) is 0 Å². The molecule has 33 heavy (non-hydrogen) atoms. The number of amides is 1. The quantitative estimate of drug-likeness (QED) is 0.621. The van der Waals surface area contributed by atoms with Gasteiger partial charge in [0.15, 0.2) is 0 Å². The molecule has 1 saturated heterocycles. The molecule has 174 valence electrons. The summed E-state index contributed by atoms with van der Waals surface area (Å²) in [6.45, 7) is 7.95. The van der Waals surface area contributed by atoms with Gasteiger partial charge >= 0.3 is 5.97 Å². The highest BCUT2D eigenvalue weighted by Crippen LogP contribution is 2.33. The van der Waals surface area contributed by atoms with Crippen LogP contribution in [0.3, 0.4) is 0 Å². The lowest BCUT2D eigenvalue weighted by Crippen LogP contribution is -2.44. The largest absolute Gasteiger partial charge is 0.466 e. The van der Waals surface area contributed by atoms with Gasteiger partial charge in [0.25, 0.3) is 5.91 Å². The van der Waals surface area contributed by atoms with Crippen molar-refractivity contribution in [1.29, 1.82) is 0 Å². The van der Waals surface area contributed by atoms with Crippen molar-refractivity contribution < 1.29 is 14.3 Å². The SMILES string of the molecule is CCOC(=O)[C@@H]1CCCN(CC(=O)N2N=C(c3ccc(C)cc3)C[C@@H]2c2ccc(C)cc2)C1. The number of hydrogen-bond donors (Lipinski definition) is 0. The van der Waals surface area contributed by atoms with E-state index in [4.69, 9.17) is 9.84 Å². The zero-order chi connectivity index (χ0) is 23.4. The van der Waals surface area contributed by atoms with Crippen LogP contribution in [0.15, 0.2) is 53.6 Å². The molecule has 1 fully saturated rings. The second-order valence-corrected chi connectivity index (χ2v) is 9.11. The number of aryl methyl sites for hydroxylation is 2. The Hall–Kier alpha value is -2.99. The van der Waals surface area contributed by atoms with Crippen molar-refractivity contribution in [3.05, 3.63) is 70.8 Å². The minimum atomic E-state index is -0.162. The highest BCUT2D eigenvalue weighted by atomic mass is 16.5. The van der Waals surface area contributed by atoms with Crippen molar-refractivity contribution in [3.8, 4) is 0 Å². The third kappa shape index (κ3) is 5.50.